The number of aliphatic imine (C=N–C) groups is 1. The van der Waals surface area contributed by atoms with Crippen LogP contribution in [-0.4, -0.2) is 26.4 Å². The van der Waals surface area contributed by atoms with Crippen LogP contribution < -0.4 is 11.2 Å². The summed E-state index contributed by atoms with van der Waals surface area (Å²) in [6.07, 6.45) is 2.51. The molecule has 6 nitrogen and oxygen atoms in total. The predicted molar refractivity (Wildman–Crippen MR) is 88.9 cm³/mol. The van der Waals surface area contributed by atoms with Crippen LogP contribution in [0.2, 0.25) is 0 Å². The van der Waals surface area contributed by atoms with Crippen molar-refractivity contribution >= 4 is 5.71 Å². The number of aromatic nitrogens is 2. The van der Waals surface area contributed by atoms with Gasteiger partial charge >= 0.3 is 5.69 Å². The van der Waals surface area contributed by atoms with Gasteiger partial charge in [0, 0.05) is 0 Å². The van der Waals surface area contributed by atoms with E-state index in [1.54, 1.807) is 12.1 Å². The number of nitrogens with one attached hydrogen (secondary N) is 1. The fourth-order valence-corrected chi connectivity index (χ4v) is 2.58. The van der Waals surface area contributed by atoms with Gasteiger partial charge in [-0.05, 0) is 37.8 Å². The first-order valence-electron chi connectivity index (χ1n) is 7.74. The molecule has 1 aliphatic carbocycles. The van der Waals surface area contributed by atoms with E-state index in [0.717, 1.165) is 23.0 Å². The molecule has 0 spiro atoms. The van der Waals surface area contributed by atoms with Crippen molar-refractivity contribution in [2.24, 2.45) is 4.99 Å². The van der Waals surface area contributed by atoms with Gasteiger partial charge in [0.05, 0.1) is 17.4 Å². The minimum Gasteiger partial charge on any atom is -0.493 e. The van der Waals surface area contributed by atoms with Gasteiger partial charge in [-0.3, -0.25) is 14.8 Å². The van der Waals surface area contributed by atoms with Crippen molar-refractivity contribution in [3.05, 3.63) is 56.2 Å². The van der Waals surface area contributed by atoms with Crippen molar-refractivity contribution in [2.75, 3.05) is 0 Å². The Kier molecular flexibility index (Phi) is 3.90. The average molecular weight is 313 g/mol. The van der Waals surface area contributed by atoms with Crippen LogP contribution >= 0.6 is 0 Å². The summed E-state index contributed by atoms with van der Waals surface area (Å²) >= 11 is 0. The van der Waals surface area contributed by atoms with Crippen LogP contribution in [0.3, 0.4) is 0 Å². The second-order valence-corrected chi connectivity index (χ2v) is 5.74. The molecule has 1 heterocycles. The maximum Gasteiger partial charge on any atom is 0.335 e. The summed E-state index contributed by atoms with van der Waals surface area (Å²) < 4.78 is 1.13. The first-order valence-corrected chi connectivity index (χ1v) is 7.74. The SMILES string of the molecule is CCC(=NC1CC1)c1c(O)n(-c2ccccc2C)c(=O)[nH]c1=O. The zero-order valence-electron chi connectivity index (χ0n) is 13.2. The van der Waals surface area contributed by atoms with E-state index < -0.39 is 11.2 Å². The molecule has 23 heavy (non-hydrogen) atoms. The monoisotopic (exact) mass is 313 g/mol. The second kappa shape index (κ2) is 5.87. The molecule has 0 radical (unpaired) electrons. The molecule has 0 atom stereocenters. The zero-order chi connectivity index (χ0) is 16.6. The van der Waals surface area contributed by atoms with E-state index in [0.29, 0.717) is 17.8 Å². The molecule has 0 amide bonds. The Morgan fingerprint density at radius 2 is 2.04 bits per heavy atom. The minimum atomic E-state index is -0.660. The van der Waals surface area contributed by atoms with Crippen LogP contribution in [0.5, 0.6) is 5.88 Å². The summed E-state index contributed by atoms with van der Waals surface area (Å²) in [5.41, 5.74) is 0.719. The molecule has 0 unspecified atom stereocenters. The molecule has 1 aromatic carbocycles. The van der Waals surface area contributed by atoms with E-state index in [9.17, 15) is 14.7 Å². The van der Waals surface area contributed by atoms with Crippen LogP contribution in [0, 0.1) is 6.92 Å². The second-order valence-electron chi connectivity index (χ2n) is 5.74. The molecule has 2 aromatic rings. The van der Waals surface area contributed by atoms with Crippen LogP contribution in [0.4, 0.5) is 0 Å². The Labute approximate surface area is 133 Å². The molecule has 1 aromatic heterocycles. The third-order valence-corrected chi connectivity index (χ3v) is 3.95. The van der Waals surface area contributed by atoms with Gasteiger partial charge in [-0.1, -0.05) is 25.1 Å². The Morgan fingerprint density at radius 1 is 1.35 bits per heavy atom. The maximum atomic E-state index is 12.2. The van der Waals surface area contributed by atoms with Crippen molar-refractivity contribution in [3.63, 3.8) is 0 Å². The van der Waals surface area contributed by atoms with Gasteiger partial charge in [-0.25, -0.2) is 9.36 Å². The summed E-state index contributed by atoms with van der Waals surface area (Å²) in [7, 11) is 0. The summed E-state index contributed by atoms with van der Waals surface area (Å²) in [6.45, 7) is 3.72. The van der Waals surface area contributed by atoms with Gasteiger partial charge in [0.15, 0.2) is 0 Å². The molecular weight excluding hydrogens is 294 g/mol. The molecule has 1 aliphatic rings. The van der Waals surface area contributed by atoms with E-state index in [-0.39, 0.29) is 17.5 Å². The predicted octanol–water partition coefficient (Wildman–Crippen LogP) is 1.90. The Morgan fingerprint density at radius 3 is 2.65 bits per heavy atom. The number of aromatic hydroxyl groups is 1. The molecule has 0 bridgehead atoms. The number of para-hydroxylation sites is 1. The highest BCUT2D eigenvalue weighted by Gasteiger charge is 2.25. The van der Waals surface area contributed by atoms with Gasteiger partial charge < -0.3 is 5.11 Å². The number of benzene rings is 1. The Bertz CT molecular complexity index is 889. The highest BCUT2D eigenvalue weighted by Crippen LogP contribution is 2.26. The largest absolute Gasteiger partial charge is 0.493 e. The van der Waals surface area contributed by atoms with E-state index in [4.69, 9.17) is 0 Å². The third kappa shape index (κ3) is 2.84. The molecule has 120 valence electrons. The number of H-pyrrole nitrogens is 1. The topological polar surface area (TPSA) is 87.4 Å². The molecule has 1 fully saturated rings. The molecule has 0 saturated heterocycles. The lowest BCUT2D eigenvalue weighted by Gasteiger charge is -2.14. The third-order valence-electron chi connectivity index (χ3n) is 3.95. The summed E-state index contributed by atoms with van der Waals surface area (Å²) in [4.78, 5) is 31.2. The van der Waals surface area contributed by atoms with Crippen molar-refractivity contribution in [2.45, 2.75) is 39.2 Å². The molecule has 2 N–H and O–H groups in total. The molecule has 6 heteroatoms. The number of hydrogen-bond donors (Lipinski definition) is 2. The fourth-order valence-electron chi connectivity index (χ4n) is 2.58. The lowest BCUT2D eigenvalue weighted by atomic mass is 10.1. The van der Waals surface area contributed by atoms with Gasteiger partial charge in [0.1, 0.15) is 5.56 Å². The smallest absolute Gasteiger partial charge is 0.335 e. The van der Waals surface area contributed by atoms with E-state index >= 15 is 0 Å². The average Bonchev–Trinajstić information content (AvgIpc) is 3.31. The molecule has 3 rings (SSSR count). The van der Waals surface area contributed by atoms with Crippen LogP contribution in [0.15, 0.2) is 38.8 Å². The van der Waals surface area contributed by atoms with Gasteiger partial charge in [-0.2, -0.15) is 0 Å². The lowest BCUT2D eigenvalue weighted by molar-refractivity contribution is 0.429. The van der Waals surface area contributed by atoms with E-state index in [2.05, 4.69) is 9.98 Å². The van der Waals surface area contributed by atoms with Crippen molar-refractivity contribution in [3.8, 4) is 11.6 Å². The minimum absolute atomic E-state index is 0.0854. The number of aryl methyl sites for hydroxylation is 1. The number of nitrogens with zero attached hydrogens (tertiary/aromatic N) is 2. The first kappa shape index (κ1) is 15.3. The number of hydrogen-bond acceptors (Lipinski definition) is 4. The van der Waals surface area contributed by atoms with Crippen molar-refractivity contribution < 1.29 is 5.11 Å². The summed E-state index contributed by atoms with van der Waals surface area (Å²) in [5, 5.41) is 10.6. The maximum absolute atomic E-state index is 12.2. The van der Waals surface area contributed by atoms with Crippen LogP contribution in [0.1, 0.15) is 37.3 Å². The first-order chi connectivity index (χ1) is 11.0. The van der Waals surface area contributed by atoms with Gasteiger partial charge in [0.2, 0.25) is 5.88 Å². The van der Waals surface area contributed by atoms with Crippen LogP contribution in [0.25, 0.3) is 5.69 Å². The zero-order valence-corrected chi connectivity index (χ0v) is 13.2. The van der Waals surface area contributed by atoms with E-state index in [1.807, 2.05) is 26.0 Å². The van der Waals surface area contributed by atoms with Crippen LogP contribution in [-0.2, 0) is 0 Å². The van der Waals surface area contributed by atoms with E-state index in [1.165, 1.54) is 0 Å². The lowest BCUT2D eigenvalue weighted by Crippen LogP contribution is -2.33. The normalized spacial score (nSPS) is 15.0. The van der Waals surface area contributed by atoms with Crippen molar-refractivity contribution in [1.29, 1.82) is 0 Å². The highest BCUT2D eigenvalue weighted by molar-refractivity contribution is 6.02. The van der Waals surface area contributed by atoms with Gasteiger partial charge in [-0.15, -0.1) is 0 Å². The standard InChI is InChI=1S/C17H19N3O3/c1-3-12(18-11-8-9-11)14-15(21)19-17(23)20(16(14)22)13-7-5-4-6-10(13)2/h4-7,11,22H,3,8-9H2,1-2H3,(H,19,21,23). The summed E-state index contributed by atoms with van der Waals surface area (Å²) in [5.74, 6) is -0.352. The highest BCUT2D eigenvalue weighted by atomic mass is 16.3. The molecular formula is C17H19N3O3. The Hall–Kier alpha value is -2.63. The van der Waals surface area contributed by atoms with Crippen molar-refractivity contribution in [1.82, 2.24) is 9.55 Å². The Balaban J connectivity index is 2.27. The molecule has 0 aliphatic heterocycles. The van der Waals surface area contributed by atoms with Gasteiger partial charge in [0.25, 0.3) is 5.56 Å². The summed E-state index contributed by atoms with van der Waals surface area (Å²) in [6, 6.07) is 7.41. The quantitative estimate of drug-likeness (QED) is 0.845. The molecule has 1 saturated carbocycles. The number of rotatable bonds is 4. The number of aromatic amines is 1. The fraction of sp³-hybridized carbons (Fsp3) is 0.353.